The van der Waals surface area contributed by atoms with Crippen molar-refractivity contribution >= 4 is 0 Å². The van der Waals surface area contributed by atoms with Crippen molar-refractivity contribution < 1.29 is 4.39 Å². The zero-order valence-corrected chi connectivity index (χ0v) is 13.5. The maximum absolute atomic E-state index is 14.1. The van der Waals surface area contributed by atoms with Crippen molar-refractivity contribution in [3.05, 3.63) is 46.8 Å². The van der Waals surface area contributed by atoms with Gasteiger partial charge in [0.05, 0.1) is 18.2 Å². The molecule has 0 amide bonds. The van der Waals surface area contributed by atoms with Crippen LogP contribution in [0.25, 0.3) is 0 Å². The number of aryl methyl sites for hydroxylation is 2. The molecule has 120 valence electrons. The summed E-state index contributed by atoms with van der Waals surface area (Å²) in [5, 5.41) is 13.3. The van der Waals surface area contributed by atoms with Gasteiger partial charge in [-0.3, -0.25) is 4.90 Å². The van der Waals surface area contributed by atoms with E-state index in [-0.39, 0.29) is 5.82 Å². The second-order valence-electron chi connectivity index (χ2n) is 6.07. The fourth-order valence-corrected chi connectivity index (χ4v) is 3.21. The van der Waals surface area contributed by atoms with Gasteiger partial charge in [0, 0.05) is 18.2 Å². The van der Waals surface area contributed by atoms with E-state index in [1.807, 2.05) is 24.6 Å². The van der Waals surface area contributed by atoms with Crippen molar-refractivity contribution in [2.75, 3.05) is 6.54 Å². The van der Waals surface area contributed by atoms with Crippen LogP contribution in [0.1, 0.15) is 35.6 Å². The van der Waals surface area contributed by atoms with E-state index in [9.17, 15) is 4.39 Å². The Bertz CT molecular complexity index is 746. The second-order valence-corrected chi connectivity index (χ2v) is 6.07. The van der Waals surface area contributed by atoms with Gasteiger partial charge < -0.3 is 0 Å². The van der Waals surface area contributed by atoms with Gasteiger partial charge in [0.25, 0.3) is 0 Å². The molecule has 1 aromatic carbocycles. The third-order valence-corrected chi connectivity index (χ3v) is 4.40. The first kappa shape index (κ1) is 15.6. The van der Waals surface area contributed by atoms with Crippen LogP contribution in [0.2, 0.25) is 0 Å². The summed E-state index contributed by atoms with van der Waals surface area (Å²) in [5.74, 6) is 1.39. The Balaban J connectivity index is 1.72. The molecule has 1 aliphatic heterocycles. The first-order chi connectivity index (χ1) is 11.1. The molecule has 5 nitrogen and oxygen atoms in total. The standard InChI is InChI=1S/C17H20FN5/c1-12-20-13(2)23(21-12)11-16-4-3-7-22(16)10-15-6-5-14(9-19)8-17(15)18/h5-6,8,16H,3-4,7,10-11H2,1-2H3. The minimum atomic E-state index is -0.303. The largest absolute Gasteiger partial charge is 0.294 e. The molecule has 1 aromatic heterocycles. The predicted octanol–water partition coefficient (Wildman–Crippen LogP) is 2.57. The number of halogens is 1. The topological polar surface area (TPSA) is 57.7 Å². The molecular weight excluding hydrogens is 293 g/mol. The maximum atomic E-state index is 14.1. The minimum Gasteiger partial charge on any atom is -0.294 e. The van der Waals surface area contributed by atoms with Crippen LogP contribution >= 0.6 is 0 Å². The summed E-state index contributed by atoms with van der Waals surface area (Å²) in [6.07, 6.45) is 2.19. The quantitative estimate of drug-likeness (QED) is 0.870. The molecule has 2 aromatic rings. The van der Waals surface area contributed by atoms with Gasteiger partial charge in [0.15, 0.2) is 0 Å². The van der Waals surface area contributed by atoms with E-state index in [1.165, 1.54) is 6.07 Å². The Morgan fingerprint density at radius 2 is 2.22 bits per heavy atom. The third-order valence-electron chi connectivity index (χ3n) is 4.40. The molecule has 0 N–H and O–H groups in total. The number of likely N-dealkylation sites (tertiary alicyclic amines) is 1. The van der Waals surface area contributed by atoms with E-state index in [0.717, 1.165) is 37.6 Å². The lowest BCUT2D eigenvalue weighted by Crippen LogP contribution is -2.33. The Kier molecular flexibility index (Phi) is 4.39. The molecule has 1 aliphatic rings. The molecule has 23 heavy (non-hydrogen) atoms. The number of aromatic nitrogens is 3. The smallest absolute Gasteiger partial charge is 0.147 e. The summed E-state index contributed by atoms with van der Waals surface area (Å²) >= 11 is 0. The average molecular weight is 313 g/mol. The monoisotopic (exact) mass is 313 g/mol. The van der Waals surface area contributed by atoms with Crippen molar-refractivity contribution in [3.8, 4) is 6.07 Å². The highest BCUT2D eigenvalue weighted by molar-refractivity contribution is 5.32. The van der Waals surface area contributed by atoms with E-state index >= 15 is 0 Å². The number of hydrogen-bond acceptors (Lipinski definition) is 4. The van der Waals surface area contributed by atoms with Crippen LogP contribution in [-0.4, -0.2) is 32.3 Å². The molecule has 1 saturated heterocycles. The number of rotatable bonds is 4. The molecule has 0 bridgehead atoms. The molecule has 6 heteroatoms. The molecule has 0 radical (unpaired) electrons. The van der Waals surface area contributed by atoms with E-state index in [0.29, 0.717) is 23.7 Å². The van der Waals surface area contributed by atoms with E-state index in [4.69, 9.17) is 5.26 Å². The highest BCUT2D eigenvalue weighted by atomic mass is 19.1. The van der Waals surface area contributed by atoms with E-state index in [2.05, 4.69) is 15.0 Å². The van der Waals surface area contributed by atoms with Crippen LogP contribution < -0.4 is 0 Å². The molecule has 1 fully saturated rings. The first-order valence-corrected chi connectivity index (χ1v) is 7.87. The van der Waals surface area contributed by atoms with Crippen LogP contribution in [0.5, 0.6) is 0 Å². The Hall–Kier alpha value is -2.26. The van der Waals surface area contributed by atoms with E-state index < -0.39 is 0 Å². The Morgan fingerprint density at radius 1 is 1.39 bits per heavy atom. The van der Waals surface area contributed by atoms with Crippen LogP contribution in [-0.2, 0) is 13.1 Å². The number of benzene rings is 1. The third kappa shape index (κ3) is 3.40. The molecule has 2 heterocycles. The van der Waals surface area contributed by atoms with Crippen LogP contribution in [0.3, 0.4) is 0 Å². The number of hydrogen-bond donors (Lipinski definition) is 0. The minimum absolute atomic E-state index is 0.303. The average Bonchev–Trinajstić information content (AvgIpc) is 3.08. The van der Waals surface area contributed by atoms with Gasteiger partial charge in [-0.25, -0.2) is 14.1 Å². The summed E-state index contributed by atoms with van der Waals surface area (Å²) in [6.45, 7) is 6.15. The van der Waals surface area contributed by atoms with Crippen LogP contribution in [0, 0.1) is 31.0 Å². The van der Waals surface area contributed by atoms with Crippen molar-refractivity contribution in [2.45, 2.75) is 45.8 Å². The van der Waals surface area contributed by atoms with Crippen LogP contribution in [0.15, 0.2) is 18.2 Å². The van der Waals surface area contributed by atoms with Gasteiger partial charge in [-0.05, 0) is 45.4 Å². The fraction of sp³-hybridized carbons (Fsp3) is 0.471. The van der Waals surface area contributed by atoms with Gasteiger partial charge >= 0.3 is 0 Å². The summed E-state index contributed by atoms with van der Waals surface area (Å²) in [6, 6.07) is 7.01. The van der Waals surface area contributed by atoms with Crippen molar-refractivity contribution in [3.63, 3.8) is 0 Å². The lowest BCUT2D eigenvalue weighted by atomic mass is 10.1. The summed E-state index contributed by atoms with van der Waals surface area (Å²) < 4.78 is 16.0. The van der Waals surface area contributed by atoms with E-state index in [1.54, 1.807) is 12.1 Å². The number of nitrogens with zero attached hydrogens (tertiary/aromatic N) is 5. The van der Waals surface area contributed by atoms with Crippen molar-refractivity contribution in [1.29, 1.82) is 5.26 Å². The molecule has 1 atom stereocenters. The molecule has 3 rings (SSSR count). The number of nitriles is 1. The molecule has 0 aliphatic carbocycles. The summed E-state index contributed by atoms with van der Waals surface area (Å²) in [4.78, 5) is 6.63. The van der Waals surface area contributed by atoms with Crippen molar-refractivity contribution in [2.24, 2.45) is 0 Å². The lowest BCUT2D eigenvalue weighted by Gasteiger charge is -2.25. The first-order valence-electron chi connectivity index (χ1n) is 7.87. The van der Waals surface area contributed by atoms with Crippen molar-refractivity contribution in [1.82, 2.24) is 19.7 Å². The Labute approximate surface area is 135 Å². The van der Waals surface area contributed by atoms with Gasteiger partial charge in [0.2, 0.25) is 0 Å². The van der Waals surface area contributed by atoms with Gasteiger partial charge in [-0.1, -0.05) is 6.07 Å². The summed E-state index contributed by atoms with van der Waals surface area (Å²) in [7, 11) is 0. The Morgan fingerprint density at radius 3 is 2.87 bits per heavy atom. The maximum Gasteiger partial charge on any atom is 0.147 e. The van der Waals surface area contributed by atoms with Gasteiger partial charge in [-0.15, -0.1) is 0 Å². The molecule has 0 saturated carbocycles. The highest BCUT2D eigenvalue weighted by Gasteiger charge is 2.26. The van der Waals surface area contributed by atoms with Gasteiger partial charge in [-0.2, -0.15) is 10.4 Å². The fourth-order valence-electron chi connectivity index (χ4n) is 3.21. The second kappa shape index (κ2) is 6.47. The molecular formula is C17H20FN5. The molecule has 1 unspecified atom stereocenters. The zero-order valence-electron chi connectivity index (χ0n) is 13.5. The highest BCUT2D eigenvalue weighted by Crippen LogP contribution is 2.23. The zero-order chi connectivity index (χ0) is 16.4. The summed E-state index contributed by atoms with van der Waals surface area (Å²) in [5.41, 5.74) is 1.00. The lowest BCUT2D eigenvalue weighted by molar-refractivity contribution is 0.215. The molecule has 0 spiro atoms. The van der Waals surface area contributed by atoms with Gasteiger partial charge in [0.1, 0.15) is 17.5 Å². The predicted molar refractivity (Wildman–Crippen MR) is 84.0 cm³/mol. The van der Waals surface area contributed by atoms with Crippen LogP contribution in [0.4, 0.5) is 4.39 Å². The SMILES string of the molecule is Cc1nc(C)n(CC2CCCN2Cc2ccc(C#N)cc2F)n1. The normalized spacial score (nSPS) is 18.3.